The summed E-state index contributed by atoms with van der Waals surface area (Å²) >= 11 is 0. The summed E-state index contributed by atoms with van der Waals surface area (Å²) in [6.45, 7) is 3.13. The van der Waals surface area contributed by atoms with Gasteiger partial charge in [0, 0.05) is 12.8 Å². The van der Waals surface area contributed by atoms with Crippen LogP contribution in [-0.4, -0.2) is 36.0 Å². The predicted octanol–water partition coefficient (Wildman–Crippen LogP) is 5.12. The molecular formula is C24H36O6. The lowest BCUT2D eigenvalue weighted by molar-refractivity contribution is -0.117. The van der Waals surface area contributed by atoms with Crippen molar-refractivity contribution in [1.82, 2.24) is 0 Å². The Hall–Kier alpha value is -3.02. The van der Waals surface area contributed by atoms with Gasteiger partial charge in [-0.05, 0) is 62.1 Å². The van der Waals surface area contributed by atoms with Crippen molar-refractivity contribution in [3.63, 3.8) is 0 Å². The van der Waals surface area contributed by atoms with Crippen molar-refractivity contribution in [2.45, 2.75) is 54.4 Å². The second-order valence-corrected chi connectivity index (χ2v) is 6.42. The van der Waals surface area contributed by atoms with Crippen molar-refractivity contribution in [1.29, 1.82) is 0 Å². The molecule has 0 unspecified atom stereocenters. The van der Waals surface area contributed by atoms with E-state index in [2.05, 4.69) is 0 Å². The molecule has 2 aromatic rings. The SMILES string of the molecule is C.C.COc1cc(CCC(C)=O)ccc1O.COc1cc(CCC(C)=O)ccc1O. The zero-order valence-electron chi connectivity index (χ0n) is 16.8. The maximum Gasteiger partial charge on any atom is 0.160 e. The van der Waals surface area contributed by atoms with Crippen LogP contribution in [0, 0.1) is 0 Å². The zero-order chi connectivity index (χ0) is 21.1. The third-order valence-electron chi connectivity index (χ3n) is 4.02. The number of methoxy groups -OCH3 is 2. The van der Waals surface area contributed by atoms with Gasteiger partial charge in [-0.15, -0.1) is 0 Å². The number of phenolic OH excluding ortho intramolecular Hbond substituents is 2. The van der Waals surface area contributed by atoms with E-state index < -0.39 is 0 Å². The van der Waals surface area contributed by atoms with Gasteiger partial charge in [0.25, 0.3) is 0 Å². The molecule has 2 aromatic carbocycles. The normalized spacial score (nSPS) is 9.20. The van der Waals surface area contributed by atoms with E-state index in [9.17, 15) is 19.8 Å². The highest BCUT2D eigenvalue weighted by Crippen LogP contribution is 2.27. The van der Waals surface area contributed by atoms with Gasteiger partial charge in [0.05, 0.1) is 14.2 Å². The number of phenols is 2. The number of carbonyl (C=O) groups is 2. The average Bonchev–Trinajstić information content (AvgIpc) is 2.67. The maximum atomic E-state index is 10.8. The van der Waals surface area contributed by atoms with Gasteiger partial charge >= 0.3 is 0 Å². The standard InChI is InChI=1S/2C11H14O3.2CH4/c2*1-8(12)3-4-9-5-6-10(13)11(7-9)14-2;;/h2*5-7,13H,3-4H2,1-2H3;2*1H4. The lowest BCUT2D eigenvalue weighted by Crippen LogP contribution is -1.94. The van der Waals surface area contributed by atoms with Gasteiger partial charge in [0.1, 0.15) is 11.6 Å². The third-order valence-corrected chi connectivity index (χ3v) is 4.02. The Labute approximate surface area is 180 Å². The van der Waals surface area contributed by atoms with Crippen LogP contribution in [0.25, 0.3) is 0 Å². The van der Waals surface area contributed by atoms with E-state index in [1.807, 2.05) is 0 Å². The number of hydrogen-bond acceptors (Lipinski definition) is 6. The summed E-state index contributed by atoms with van der Waals surface area (Å²) in [5.74, 6) is 1.48. The Kier molecular flexibility index (Phi) is 14.5. The molecule has 30 heavy (non-hydrogen) atoms. The molecule has 0 heterocycles. The Bertz CT molecular complexity index is 731. The van der Waals surface area contributed by atoms with Crippen molar-refractivity contribution in [3.8, 4) is 23.0 Å². The van der Waals surface area contributed by atoms with Gasteiger partial charge in [-0.25, -0.2) is 0 Å². The van der Waals surface area contributed by atoms with Gasteiger partial charge in [-0.2, -0.15) is 0 Å². The van der Waals surface area contributed by atoms with Gasteiger partial charge in [-0.3, -0.25) is 0 Å². The van der Waals surface area contributed by atoms with E-state index in [-0.39, 0.29) is 37.9 Å². The Morgan fingerprint density at radius 2 is 1.07 bits per heavy atom. The highest BCUT2D eigenvalue weighted by atomic mass is 16.5. The molecule has 0 bridgehead atoms. The van der Waals surface area contributed by atoms with Gasteiger partial charge in [-0.1, -0.05) is 27.0 Å². The van der Waals surface area contributed by atoms with E-state index >= 15 is 0 Å². The first kappa shape index (κ1) is 29.2. The molecule has 0 aliphatic heterocycles. The zero-order valence-corrected chi connectivity index (χ0v) is 16.8. The average molecular weight is 421 g/mol. The fourth-order valence-corrected chi connectivity index (χ4v) is 2.40. The fraction of sp³-hybridized carbons (Fsp3) is 0.417. The van der Waals surface area contributed by atoms with Crippen LogP contribution in [0.5, 0.6) is 23.0 Å². The predicted molar refractivity (Wildman–Crippen MR) is 121 cm³/mol. The minimum absolute atomic E-state index is 0. The molecule has 0 saturated heterocycles. The first-order valence-electron chi connectivity index (χ1n) is 8.97. The van der Waals surface area contributed by atoms with E-state index in [0.717, 1.165) is 11.1 Å². The third kappa shape index (κ3) is 10.5. The lowest BCUT2D eigenvalue weighted by atomic mass is 10.1. The number of ether oxygens (including phenoxy) is 2. The monoisotopic (exact) mass is 420 g/mol. The summed E-state index contributed by atoms with van der Waals surface area (Å²) in [6, 6.07) is 10.2. The molecule has 0 saturated carbocycles. The molecule has 0 amide bonds. The molecule has 0 spiro atoms. The van der Waals surface area contributed by atoms with Crippen molar-refractivity contribution < 1.29 is 29.3 Å². The second-order valence-electron chi connectivity index (χ2n) is 6.42. The number of benzene rings is 2. The first-order chi connectivity index (χ1) is 13.3. The number of carbonyl (C=O) groups excluding carboxylic acids is 2. The quantitative estimate of drug-likeness (QED) is 0.616. The number of aromatic hydroxyl groups is 2. The molecule has 0 aliphatic rings. The summed E-state index contributed by atoms with van der Waals surface area (Å²) in [5.41, 5.74) is 1.99. The molecule has 0 aromatic heterocycles. The minimum Gasteiger partial charge on any atom is -0.504 e. The molecule has 0 atom stereocenters. The molecule has 6 nitrogen and oxygen atoms in total. The summed E-state index contributed by atoms with van der Waals surface area (Å²) in [6.07, 6.45) is 2.42. The lowest BCUT2D eigenvalue weighted by Gasteiger charge is -2.05. The van der Waals surface area contributed by atoms with E-state index in [1.54, 1.807) is 50.2 Å². The van der Waals surface area contributed by atoms with Crippen molar-refractivity contribution in [2.24, 2.45) is 0 Å². The topological polar surface area (TPSA) is 93.1 Å². The van der Waals surface area contributed by atoms with Crippen LogP contribution in [0.4, 0.5) is 0 Å². The number of aryl methyl sites for hydroxylation is 2. The Balaban J connectivity index is 0. The molecule has 0 radical (unpaired) electrons. The van der Waals surface area contributed by atoms with Crippen LogP contribution in [0.3, 0.4) is 0 Å². The van der Waals surface area contributed by atoms with Gasteiger partial charge < -0.3 is 29.3 Å². The largest absolute Gasteiger partial charge is 0.504 e. The number of rotatable bonds is 8. The highest BCUT2D eigenvalue weighted by Gasteiger charge is 2.04. The number of Topliss-reactive ketones (excluding diaryl/α,β-unsaturated/α-hetero) is 2. The van der Waals surface area contributed by atoms with Crippen LogP contribution in [0.2, 0.25) is 0 Å². The molecule has 0 fully saturated rings. The van der Waals surface area contributed by atoms with E-state index in [4.69, 9.17) is 9.47 Å². The molecule has 0 aliphatic carbocycles. The highest BCUT2D eigenvalue weighted by molar-refractivity contribution is 5.76. The molecule has 2 rings (SSSR count). The van der Waals surface area contributed by atoms with Gasteiger partial charge in [0.2, 0.25) is 0 Å². The minimum atomic E-state index is 0. The van der Waals surface area contributed by atoms with Crippen LogP contribution in [0.1, 0.15) is 52.7 Å². The van der Waals surface area contributed by atoms with Crippen LogP contribution >= 0.6 is 0 Å². The fourth-order valence-electron chi connectivity index (χ4n) is 2.40. The van der Waals surface area contributed by atoms with Crippen molar-refractivity contribution in [2.75, 3.05) is 14.2 Å². The second kappa shape index (κ2) is 14.9. The molecule has 2 N–H and O–H groups in total. The maximum absolute atomic E-state index is 10.8. The van der Waals surface area contributed by atoms with Crippen LogP contribution in [-0.2, 0) is 22.4 Å². The van der Waals surface area contributed by atoms with Crippen molar-refractivity contribution in [3.05, 3.63) is 47.5 Å². The first-order valence-corrected chi connectivity index (χ1v) is 8.97. The van der Waals surface area contributed by atoms with E-state index in [0.29, 0.717) is 37.2 Å². The summed E-state index contributed by atoms with van der Waals surface area (Å²) in [5, 5.41) is 18.6. The molecule has 168 valence electrons. The summed E-state index contributed by atoms with van der Waals surface area (Å²) < 4.78 is 9.92. The number of hydrogen-bond donors (Lipinski definition) is 2. The summed E-state index contributed by atoms with van der Waals surface area (Å²) in [7, 11) is 3.01. The van der Waals surface area contributed by atoms with Crippen LogP contribution < -0.4 is 9.47 Å². The van der Waals surface area contributed by atoms with Crippen LogP contribution in [0.15, 0.2) is 36.4 Å². The number of ketones is 2. The smallest absolute Gasteiger partial charge is 0.160 e. The Morgan fingerprint density at radius 1 is 0.733 bits per heavy atom. The Morgan fingerprint density at radius 3 is 1.33 bits per heavy atom. The van der Waals surface area contributed by atoms with Gasteiger partial charge in [0.15, 0.2) is 23.0 Å². The summed E-state index contributed by atoms with van der Waals surface area (Å²) in [4.78, 5) is 21.5. The molecule has 6 heteroatoms. The van der Waals surface area contributed by atoms with Crippen molar-refractivity contribution >= 4 is 11.6 Å². The van der Waals surface area contributed by atoms with E-state index in [1.165, 1.54) is 14.2 Å². The molecular weight excluding hydrogens is 384 g/mol.